The van der Waals surface area contributed by atoms with E-state index in [1.807, 2.05) is 36.4 Å². The molecule has 1 aliphatic carbocycles. The highest BCUT2D eigenvalue weighted by molar-refractivity contribution is 7.92. The second kappa shape index (κ2) is 9.05. The van der Waals surface area contributed by atoms with Crippen molar-refractivity contribution in [2.45, 2.75) is 30.9 Å². The maximum atomic E-state index is 12.1. The van der Waals surface area contributed by atoms with Gasteiger partial charge in [-0.05, 0) is 66.6 Å². The van der Waals surface area contributed by atoms with Gasteiger partial charge < -0.3 is 9.64 Å². The molecule has 1 heterocycles. The van der Waals surface area contributed by atoms with E-state index in [4.69, 9.17) is 21.6 Å². The molecule has 0 spiro atoms. The molecule has 0 radical (unpaired) electrons. The fraction of sp³-hybridized carbons (Fsp3) is 0.480. The Morgan fingerprint density at radius 3 is 2.53 bits per heavy atom. The number of ether oxygens (including phenoxy) is 1. The van der Waals surface area contributed by atoms with Crippen LogP contribution in [0.15, 0.2) is 42.5 Å². The molecule has 0 N–H and O–H groups in total. The summed E-state index contributed by atoms with van der Waals surface area (Å²) in [4.78, 5) is 2.44. The third kappa shape index (κ3) is 4.96. The van der Waals surface area contributed by atoms with Crippen LogP contribution < -0.4 is 4.74 Å². The molecule has 1 saturated carbocycles. The maximum absolute atomic E-state index is 12.1. The van der Waals surface area contributed by atoms with Crippen LogP contribution in [0.3, 0.4) is 0 Å². The maximum Gasteiger partial charge on any atom is 0.157 e. The predicted octanol–water partition coefficient (Wildman–Crippen LogP) is 4.43. The Balaban J connectivity index is 1.29. The van der Waals surface area contributed by atoms with Gasteiger partial charge in [0.25, 0.3) is 0 Å². The van der Waals surface area contributed by atoms with Gasteiger partial charge in [-0.1, -0.05) is 30.7 Å². The van der Waals surface area contributed by atoms with Gasteiger partial charge in [0, 0.05) is 36.8 Å². The number of nitrogens with zero attached hydrogens (tertiary/aromatic N) is 2. The first-order valence-corrected chi connectivity index (χ1v) is 13.3. The van der Waals surface area contributed by atoms with Gasteiger partial charge >= 0.3 is 0 Å². The quantitative estimate of drug-likeness (QED) is 0.568. The van der Waals surface area contributed by atoms with E-state index in [1.165, 1.54) is 6.26 Å². The Morgan fingerprint density at radius 1 is 1.19 bits per heavy atom. The monoisotopic (exact) mass is 472 g/mol. The molecule has 1 saturated heterocycles. The van der Waals surface area contributed by atoms with Crippen molar-refractivity contribution in [3.05, 3.63) is 64.2 Å². The van der Waals surface area contributed by atoms with Crippen molar-refractivity contribution in [2.75, 3.05) is 32.5 Å². The summed E-state index contributed by atoms with van der Waals surface area (Å²) in [6.45, 7) is 5.82. The lowest BCUT2D eigenvalue weighted by Gasteiger charge is -2.18. The number of hydrogen-bond donors (Lipinski definition) is 0. The van der Waals surface area contributed by atoms with E-state index in [-0.39, 0.29) is 0 Å². The molecule has 32 heavy (non-hydrogen) atoms. The lowest BCUT2D eigenvalue weighted by atomic mass is 9.99. The predicted molar refractivity (Wildman–Crippen MR) is 127 cm³/mol. The molecule has 2 aromatic rings. The van der Waals surface area contributed by atoms with E-state index in [9.17, 15) is 8.42 Å². The van der Waals surface area contributed by atoms with Crippen LogP contribution in [0.5, 0.6) is 5.75 Å². The third-order valence-corrected chi connectivity index (χ3v) is 9.19. The Hall–Kier alpha value is -2.07. The van der Waals surface area contributed by atoms with Gasteiger partial charge in [-0.3, -0.25) is 0 Å². The summed E-state index contributed by atoms with van der Waals surface area (Å²) in [5.41, 5.74) is 2.56. The Bertz CT molecular complexity index is 1120. The first-order valence-electron chi connectivity index (χ1n) is 11.0. The highest BCUT2D eigenvalue weighted by Crippen LogP contribution is 2.52. The Kier molecular flexibility index (Phi) is 6.53. The van der Waals surface area contributed by atoms with Crippen molar-refractivity contribution in [1.82, 2.24) is 4.90 Å². The lowest BCUT2D eigenvalue weighted by molar-refractivity contribution is 0.225. The normalized spacial score (nSPS) is 22.4. The standard InChI is InChI=1S/C25H29ClN2O3S/c1-18-15-28(10-7-19-11-20(14-27)13-23(26)12-19)16-21(18)17-31-24-5-3-22(4-6-24)25(8-9-25)32(2,29)30/h3-6,11-13,18,21H,7-10,15-17H2,1-2H3/t18-,21+/m1/s1. The van der Waals surface area contributed by atoms with Crippen LogP contribution in [-0.4, -0.2) is 45.8 Å². The summed E-state index contributed by atoms with van der Waals surface area (Å²) in [6, 6.07) is 15.3. The molecule has 7 heteroatoms. The van der Waals surface area contributed by atoms with Crippen molar-refractivity contribution in [2.24, 2.45) is 11.8 Å². The smallest absolute Gasteiger partial charge is 0.157 e. The molecule has 0 bridgehead atoms. The van der Waals surface area contributed by atoms with Crippen LogP contribution in [0, 0.1) is 23.2 Å². The zero-order chi connectivity index (χ0) is 22.9. The number of hydrogen-bond acceptors (Lipinski definition) is 5. The van der Waals surface area contributed by atoms with Crippen LogP contribution >= 0.6 is 11.6 Å². The van der Waals surface area contributed by atoms with Gasteiger partial charge in [-0.2, -0.15) is 5.26 Å². The topological polar surface area (TPSA) is 70.4 Å². The fourth-order valence-corrected chi connectivity index (χ4v) is 6.40. The van der Waals surface area contributed by atoms with Gasteiger partial charge in [0.05, 0.1) is 23.0 Å². The number of nitriles is 1. The number of sulfone groups is 1. The molecular weight excluding hydrogens is 444 g/mol. The summed E-state index contributed by atoms with van der Waals surface area (Å²) in [7, 11) is -3.10. The molecule has 2 aromatic carbocycles. The third-order valence-electron chi connectivity index (χ3n) is 6.91. The number of benzene rings is 2. The van der Waals surface area contributed by atoms with Crippen molar-refractivity contribution < 1.29 is 13.2 Å². The largest absolute Gasteiger partial charge is 0.493 e. The summed E-state index contributed by atoms with van der Waals surface area (Å²) in [5.74, 6) is 1.75. The molecular formula is C25H29ClN2O3S. The first kappa shape index (κ1) is 23.1. The molecule has 2 aliphatic rings. The highest BCUT2D eigenvalue weighted by atomic mass is 35.5. The number of likely N-dealkylation sites (tertiary alicyclic amines) is 1. The van der Waals surface area contributed by atoms with E-state index in [1.54, 1.807) is 6.07 Å². The first-order chi connectivity index (χ1) is 15.2. The van der Waals surface area contributed by atoms with Crippen molar-refractivity contribution in [3.8, 4) is 11.8 Å². The molecule has 0 amide bonds. The van der Waals surface area contributed by atoms with Crippen LogP contribution in [0.4, 0.5) is 0 Å². The van der Waals surface area contributed by atoms with Gasteiger partial charge in [0.15, 0.2) is 9.84 Å². The average Bonchev–Trinajstić information content (AvgIpc) is 3.50. The van der Waals surface area contributed by atoms with Gasteiger partial charge in [0.1, 0.15) is 5.75 Å². The van der Waals surface area contributed by atoms with E-state index in [0.29, 0.717) is 41.9 Å². The molecule has 5 nitrogen and oxygen atoms in total. The second-order valence-electron chi connectivity index (χ2n) is 9.31. The fourth-order valence-electron chi connectivity index (χ4n) is 4.73. The van der Waals surface area contributed by atoms with E-state index in [2.05, 4.69) is 17.9 Å². The van der Waals surface area contributed by atoms with Crippen molar-refractivity contribution in [3.63, 3.8) is 0 Å². The number of rotatable bonds is 8. The van der Waals surface area contributed by atoms with Gasteiger partial charge in [0.2, 0.25) is 0 Å². The van der Waals surface area contributed by atoms with Gasteiger partial charge in [-0.25, -0.2) is 8.42 Å². The molecule has 4 rings (SSSR count). The van der Waals surface area contributed by atoms with Crippen LogP contribution in [0.1, 0.15) is 36.5 Å². The molecule has 1 aliphatic heterocycles. The molecule has 0 unspecified atom stereocenters. The summed E-state index contributed by atoms with van der Waals surface area (Å²) in [5, 5.41) is 9.73. The van der Waals surface area contributed by atoms with Gasteiger partial charge in [-0.15, -0.1) is 0 Å². The van der Waals surface area contributed by atoms with Crippen molar-refractivity contribution >= 4 is 21.4 Å². The second-order valence-corrected chi connectivity index (χ2v) is 12.1. The Labute approximate surface area is 195 Å². The number of halogens is 1. The minimum atomic E-state index is -3.10. The summed E-state index contributed by atoms with van der Waals surface area (Å²) < 4.78 is 29.6. The molecule has 170 valence electrons. The van der Waals surface area contributed by atoms with E-state index < -0.39 is 14.6 Å². The van der Waals surface area contributed by atoms with E-state index in [0.717, 1.165) is 42.9 Å². The highest BCUT2D eigenvalue weighted by Gasteiger charge is 2.53. The summed E-state index contributed by atoms with van der Waals surface area (Å²) in [6.07, 6.45) is 3.59. The Morgan fingerprint density at radius 2 is 1.91 bits per heavy atom. The lowest BCUT2D eigenvalue weighted by Crippen LogP contribution is -2.24. The van der Waals surface area contributed by atoms with Crippen LogP contribution in [-0.2, 0) is 21.0 Å². The SMILES string of the molecule is C[C@@H]1CN(CCc2cc(Cl)cc(C#N)c2)C[C@H]1COc1ccc(C2(S(C)(=O)=O)CC2)cc1. The van der Waals surface area contributed by atoms with Crippen LogP contribution in [0.25, 0.3) is 0 Å². The molecule has 2 atom stereocenters. The van der Waals surface area contributed by atoms with E-state index >= 15 is 0 Å². The average molecular weight is 473 g/mol. The molecule has 0 aromatic heterocycles. The van der Waals surface area contributed by atoms with Crippen LogP contribution in [0.2, 0.25) is 5.02 Å². The zero-order valence-electron chi connectivity index (χ0n) is 18.6. The minimum Gasteiger partial charge on any atom is -0.493 e. The summed E-state index contributed by atoms with van der Waals surface area (Å²) >= 11 is 6.12. The van der Waals surface area contributed by atoms with Crippen molar-refractivity contribution in [1.29, 1.82) is 5.26 Å². The minimum absolute atomic E-state index is 0.439. The zero-order valence-corrected chi connectivity index (χ0v) is 20.1. The molecule has 2 fully saturated rings.